The number of benzene rings is 2. The van der Waals surface area contributed by atoms with Crippen molar-refractivity contribution in [1.29, 1.82) is 0 Å². The van der Waals surface area contributed by atoms with Gasteiger partial charge in [-0.05, 0) is 49.6 Å². The summed E-state index contributed by atoms with van der Waals surface area (Å²) in [5, 5.41) is 26.9. The molecule has 2 aromatic carbocycles. The summed E-state index contributed by atoms with van der Waals surface area (Å²) in [6.45, 7) is -0.318. The second-order valence-electron chi connectivity index (χ2n) is 8.66. The van der Waals surface area contributed by atoms with E-state index in [0.29, 0.717) is 29.2 Å². The minimum atomic E-state index is -0.904. The third-order valence-electron chi connectivity index (χ3n) is 6.10. The van der Waals surface area contributed by atoms with Crippen LogP contribution in [0.25, 0.3) is 0 Å². The Morgan fingerprint density at radius 1 is 1.09 bits per heavy atom. The zero-order chi connectivity index (χ0) is 25.1. The van der Waals surface area contributed by atoms with Crippen LogP contribution in [0.15, 0.2) is 36.4 Å². The van der Waals surface area contributed by atoms with Crippen molar-refractivity contribution in [2.75, 3.05) is 6.61 Å². The molecule has 0 saturated heterocycles. The Bertz CT molecular complexity index is 1100. The molecule has 4 N–H and O–H groups in total. The first-order valence-electron chi connectivity index (χ1n) is 11.2. The number of carbonyl (C=O) groups is 2. The topological polar surface area (TPSA) is 117 Å². The molecule has 0 spiro atoms. The molecule has 1 aliphatic heterocycles. The van der Waals surface area contributed by atoms with Gasteiger partial charge in [-0.1, -0.05) is 23.2 Å². The lowest BCUT2D eigenvalue weighted by Gasteiger charge is -2.35. The van der Waals surface area contributed by atoms with Gasteiger partial charge in [-0.3, -0.25) is 9.59 Å². The molecule has 0 aromatic heterocycles. The predicted molar refractivity (Wildman–Crippen MR) is 126 cm³/mol. The van der Waals surface area contributed by atoms with E-state index in [2.05, 4.69) is 10.6 Å². The molecule has 188 valence electrons. The number of halogens is 3. The highest BCUT2D eigenvalue weighted by atomic mass is 35.5. The molecule has 0 radical (unpaired) electrons. The van der Waals surface area contributed by atoms with Crippen molar-refractivity contribution in [2.45, 2.75) is 56.1 Å². The maximum atomic E-state index is 13.5. The first-order valence-corrected chi connectivity index (χ1v) is 11.9. The first-order chi connectivity index (χ1) is 16.7. The highest BCUT2D eigenvalue weighted by Gasteiger charge is 2.36. The van der Waals surface area contributed by atoms with Gasteiger partial charge in [0.25, 0.3) is 11.8 Å². The van der Waals surface area contributed by atoms with Crippen LogP contribution >= 0.6 is 23.2 Å². The molecule has 0 unspecified atom stereocenters. The van der Waals surface area contributed by atoms with E-state index in [1.54, 1.807) is 18.2 Å². The van der Waals surface area contributed by atoms with Crippen molar-refractivity contribution in [3.8, 4) is 11.5 Å². The molecule has 35 heavy (non-hydrogen) atoms. The Balaban J connectivity index is 1.23. The van der Waals surface area contributed by atoms with Crippen LogP contribution in [0.1, 0.15) is 37.4 Å². The van der Waals surface area contributed by atoms with E-state index in [0.717, 1.165) is 6.07 Å². The minimum absolute atomic E-state index is 0.0411. The van der Waals surface area contributed by atoms with Gasteiger partial charge in [0.1, 0.15) is 17.3 Å². The zero-order valence-electron chi connectivity index (χ0n) is 18.5. The smallest absolute Gasteiger partial charge is 0.261 e. The Labute approximate surface area is 211 Å². The van der Waals surface area contributed by atoms with E-state index in [1.807, 2.05) is 0 Å². The summed E-state index contributed by atoms with van der Waals surface area (Å²) in [4.78, 5) is 25.0. The molecule has 5 atom stereocenters. The third-order valence-corrected chi connectivity index (χ3v) is 6.64. The molecular formula is C24H25Cl2FN2O6. The van der Waals surface area contributed by atoms with Crippen LogP contribution in [0.5, 0.6) is 11.5 Å². The molecule has 1 heterocycles. The summed E-state index contributed by atoms with van der Waals surface area (Å²) in [5.74, 6) is -0.920. The molecule has 8 nitrogen and oxygen atoms in total. The molecule has 11 heteroatoms. The third kappa shape index (κ3) is 6.35. The molecule has 1 aliphatic carbocycles. The van der Waals surface area contributed by atoms with E-state index in [9.17, 15) is 24.2 Å². The van der Waals surface area contributed by atoms with Crippen molar-refractivity contribution in [3.05, 3.63) is 57.8 Å². The normalized spacial score (nSPS) is 25.7. The van der Waals surface area contributed by atoms with E-state index in [1.165, 1.54) is 12.1 Å². The standard InChI is InChI=1S/C24H25Cl2FN2O6/c25-12-1-6-21-15(7-12)19(30)10-22(35-21)24(33)29-18-5-2-13(8-20(18)31)28-23(32)11-34-14-3-4-16(26)17(27)9-14/h1,3-4,6-7,9,13,18-20,22,30-31H,2,5,8,10-11H2,(H,28,32)(H,29,33)/t13-,18+,19+,20-,22+/m0/s1. The Morgan fingerprint density at radius 2 is 1.89 bits per heavy atom. The summed E-state index contributed by atoms with van der Waals surface area (Å²) in [7, 11) is 0. The molecule has 2 amide bonds. The van der Waals surface area contributed by atoms with Gasteiger partial charge >= 0.3 is 0 Å². The van der Waals surface area contributed by atoms with Crippen LogP contribution in [0.3, 0.4) is 0 Å². The highest BCUT2D eigenvalue weighted by Crippen LogP contribution is 2.36. The molecular weight excluding hydrogens is 502 g/mol. The number of fused-ring (bicyclic) bond motifs is 1. The van der Waals surface area contributed by atoms with Crippen LogP contribution in [0, 0.1) is 5.82 Å². The Kier molecular flexibility index (Phi) is 8.01. The molecule has 2 aliphatic rings. The first kappa shape index (κ1) is 25.5. The molecule has 2 aromatic rings. The number of hydrogen-bond acceptors (Lipinski definition) is 6. The number of amides is 2. The zero-order valence-corrected chi connectivity index (χ0v) is 20.1. The number of ether oxygens (including phenoxy) is 2. The van der Waals surface area contributed by atoms with Crippen molar-refractivity contribution in [2.24, 2.45) is 0 Å². The Morgan fingerprint density at radius 3 is 2.63 bits per heavy atom. The average molecular weight is 527 g/mol. The van der Waals surface area contributed by atoms with Gasteiger partial charge < -0.3 is 30.3 Å². The van der Waals surface area contributed by atoms with Gasteiger partial charge in [-0.15, -0.1) is 0 Å². The number of nitrogens with one attached hydrogen (secondary N) is 2. The van der Waals surface area contributed by atoms with Gasteiger partial charge in [0, 0.05) is 29.1 Å². The summed E-state index contributed by atoms with van der Waals surface area (Å²) < 4.78 is 24.5. The molecule has 4 rings (SSSR count). The molecule has 1 fully saturated rings. The maximum Gasteiger partial charge on any atom is 0.261 e. The van der Waals surface area contributed by atoms with E-state index >= 15 is 0 Å². The number of hydrogen-bond donors (Lipinski definition) is 4. The maximum absolute atomic E-state index is 13.5. The van der Waals surface area contributed by atoms with Crippen molar-refractivity contribution < 1.29 is 33.7 Å². The SMILES string of the molecule is O=C(COc1ccc(Cl)c(F)c1)N[C@H]1CC[C@@H](NC(=O)[C@H]2C[C@@H](O)c3cc(Cl)ccc3O2)[C@@H](O)C1. The van der Waals surface area contributed by atoms with Gasteiger partial charge in [-0.25, -0.2) is 4.39 Å². The number of carbonyl (C=O) groups excluding carboxylic acids is 2. The van der Waals surface area contributed by atoms with Gasteiger partial charge in [-0.2, -0.15) is 0 Å². The van der Waals surface area contributed by atoms with Gasteiger partial charge in [0.05, 0.1) is 23.3 Å². The van der Waals surface area contributed by atoms with Crippen molar-refractivity contribution >= 4 is 35.0 Å². The van der Waals surface area contributed by atoms with E-state index < -0.39 is 42.0 Å². The van der Waals surface area contributed by atoms with Crippen molar-refractivity contribution in [3.63, 3.8) is 0 Å². The fourth-order valence-corrected chi connectivity index (χ4v) is 4.58. The number of rotatable bonds is 6. The lowest BCUT2D eigenvalue weighted by Crippen LogP contribution is -2.54. The minimum Gasteiger partial charge on any atom is -0.484 e. The fraction of sp³-hybridized carbons (Fsp3) is 0.417. The largest absolute Gasteiger partial charge is 0.484 e. The van der Waals surface area contributed by atoms with Gasteiger partial charge in [0.2, 0.25) is 0 Å². The number of aliphatic hydroxyl groups is 2. The average Bonchev–Trinajstić information content (AvgIpc) is 2.82. The van der Waals surface area contributed by atoms with Crippen LogP contribution in [0.2, 0.25) is 10.0 Å². The summed E-state index contributed by atoms with van der Waals surface area (Å²) in [6, 6.07) is 7.89. The number of aliphatic hydroxyl groups excluding tert-OH is 2. The quantitative estimate of drug-likeness (QED) is 0.459. The second kappa shape index (κ2) is 11.0. The summed E-state index contributed by atoms with van der Waals surface area (Å²) in [5.41, 5.74) is 0.531. The van der Waals surface area contributed by atoms with E-state index in [4.69, 9.17) is 32.7 Å². The van der Waals surface area contributed by atoms with Crippen LogP contribution in [-0.2, 0) is 9.59 Å². The van der Waals surface area contributed by atoms with Crippen LogP contribution in [-0.4, -0.2) is 52.9 Å². The fourth-order valence-electron chi connectivity index (χ4n) is 4.29. The molecule has 1 saturated carbocycles. The summed E-state index contributed by atoms with van der Waals surface area (Å²) in [6.07, 6.45) is -1.42. The van der Waals surface area contributed by atoms with E-state index in [-0.39, 0.29) is 36.3 Å². The van der Waals surface area contributed by atoms with Gasteiger partial charge in [0.15, 0.2) is 12.7 Å². The van der Waals surface area contributed by atoms with Crippen LogP contribution in [0.4, 0.5) is 4.39 Å². The Hall–Kier alpha value is -2.59. The molecule has 0 bridgehead atoms. The lowest BCUT2D eigenvalue weighted by atomic mass is 9.88. The second-order valence-corrected chi connectivity index (χ2v) is 9.51. The van der Waals surface area contributed by atoms with Crippen LogP contribution < -0.4 is 20.1 Å². The monoisotopic (exact) mass is 526 g/mol. The predicted octanol–water partition coefficient (Wildman–Crippen LogP) is 2.91. The summed E-state index contributed by atoms with van der Waals surface area (Å²) >= 11 is 11.6. The van der Waals surface area contributed by atoms with Crippen molar-refractivity contribution in [1.82, 2.24) is 10.6 Å². The highest BCUT2D eigenvalue weighted by molar-refractivity contribution is 6.31. The lowest BCUT2D eigenvalue weighted by molar-refractivity contribution is -0.133.